The number of hydrogen-bond acceptors (Lipinski definition) is 0. The van der Waals surface area contributed by atoms with Crippen molar-refractivity contribution < 1.29 is 41.6 Å². The van der Waals surface area contributed by atoms with Crippen molar-refractivity contribution in [3.63, 3.8) is 0 Å². The Morgan fingerprint density at radius 3 is 0.416 bits per heavy atom. The number of rotatable bonds is 12. The normalized spacial score (nSPS) is 10.5. The third kappa shape index (κ3) is 13.8. The van der Waals surface area contributed by atoms with Crippen molar-refractivity contribution in [3.05, 3.63) is 328 Å². The second kappa shape index (κ2) is 27.6. The van der Waals surface area contributed by atoms with Gasteiger partial charge in [0.15, 0.2) is 0 Å². The average molecular weight is 1110 g/mol. The molecule has 0 aliphatic carbocycles. The van der Waals surface area contributed by atoms with E-state index < -0.39 is 15.8 Å². The van der Waals surface area contributed by atoms with Crippen molar-refractivity contribution in [3.8, 4) is 66.8 Å². The predicted octanol–water partition coefficient (Wildman–Crippen LogP) is 10.9. The fourth-order valence-corrected chi connectivity index (χ4v) is 14.4. The summed E-state index contributed by atoms with van der Waals surface area (Å²) in [6, 6.07) is 119. The maximum Gasteiger partial charge on any atom is 2.00 e. The van der Waals surface area contributed by atoms with Crippen LogP contribution >= 0.6 is 15.8 Å². The van der Waals surface area contributed by atoms with Crippen molar-refractivity contribution in [1.29, 1.82) is 0 Å². The molecule has 0 unspecified atom stereocenters. The summed E-state index contributed by atoms with van der Waals surface area (Å²) in [5, 5.41) is 8.12. The standard InChI is InChI=1S/2C36H27P.2ClH.Co/c2*1-4-13-28(14-5-1)31-19-10-22-34(25-31)37(35-23-11-20-32(26-35)29-15-6-2-7-16-29)36-24-12-21-33(27-36)30-17-8-3-9-18-30;;;/h2*1-27H;2*1H;/q;;;;+2/p-2. The van der Waals surface area contributed by atoms with Crippen LogP contribution in [0.5, 0.6) is 0 Å². The molecule has 0 aliphatic rings. The third-order valence-electron chi connectivity index (χ3n) is 13.3. The van der Waals surface area contributed by atoms with Crippen LogP contribution in [0.1, 0.15) is 0 Å². The third-order valence-corrected chi connectivity index (χ3v) is 18.0. The molecule has 0 atom stereocenters. The maximum absolute atomic E-state index is 2.38. The van der Waals surface area contributed by atoms with Crippen molar-refractivity contribution in [1.82, 2.24) is 0 Å². The van der Waals surface area contributed by atoms with Gasteiger partial charge in [0, 0.05) is 0 Å². The van der Waals surface area contributed by atoms with Crippen LogP contribution in [0, 0.1) is 0 Å². The maximum atomic E-state index is 2.38. The molecule has 5 heteroatoms. The molecule has 12 rings (SSSR count). The smallest absolute Gasteiger partial charge is 1.00 e. The minimum atomic E-state index is -0.766. The predicted molar refractivity (Wildman–Crippen MR) is 323 cm³/mol. The monoisotopic (exact) mass is 1110 g/mol. The fourth-order valence-electron chi connectivity index (χ4n) is 9.63. The summed E-state index contributed by atoms with van der Waals surface area (Å²) in [5.74, 6) is 0. The Morgan fingerprint density at radius 1 is 0.143 bits per heavy atom. The minimum absolute atomic E-state index is 0. The van der Waals surface area contributed by atoms with E-state index in [0.717, 1.165) is 0 Å². The Balaban J connectivity index is 0.000000196. The van der Waals surface area contributed by atoms with E-state index in [1.54, 1.807) is 0 Å². The van der Waals surface area contributed by atoms with Crippen LogP contribution in [-0.2, 0) is 16.8 Å². The zero-order valence-electron chi connectivity index (χ0n) is 42.2. The van der Waals surface area contributed by atoms with E-state index >= 15 is 0 Å². The molecular formula is C72H54Cl2CoP2. The van der Waals surface area contributed by atoms with E-state index in [1.165, 1.54) is 98.6 Å². The summed E-state index contributed by atoms with van der Waals surface area (Å²) < 4.78 is 0. The molecule has 12 aromatic carbocycles. The van der Waals surface area contributed by atoms with Crippen molar-refractivity contribution in [2.75, 3.05) is 0 Å². The van der Waals surface area contributed by atoms with Crippen LogP contribution in [-0.4, -0.2) is 0 Å². The molecule has 0 aromatic heterocycles. The van der Waals surface area contributed by atoms with Crippen molar-refractivity contribution in [2.24, 2.45) is 0 Å². The minimum Gasteiger partial charge on any atom is -1.00 e. The molecule has 0 amide bonds. The van der Waals surface area contributed by atoms with Gasteiger partial charge >= 0.3 is 16.8 Å². The van der Waals surface area contributed by atoms with Crippen LogP contribution in [0.3, 0.4) is 0 Å². The summed E-state index contributed by atoms with van der Waals surface area (Å²) in [6.07, 6.45) is 0. The fraction of sp³-hybridized carbons (Fsp3) is 0. The molecule has 375 valence electrons. The SMILES string of the molecule is [Cl-].[Cl-].[Co+2].c1ccc(-c2cccc(P(c3cccc(-c4ccccc4)c3)c3cccc(-c4ccccc4)c3)c2)cc1.c1ccc(-c2cccc(P(c3cccc(-c4ccccc4)c3)c3cccc(-c4ccccc4)c3)c2)cc1. The van der Waals surface area contributed by atoms with Crippen LogP contribution in [0.15, 0.2) is 328 Å². The molecule has 12 aromatic rings. The summed E-state index contributed by atoms with van der Waals surface area (Å²) in [6.45, 7) is 0. The average Bonchev–Trinajstić information content (AvgIpc) is 3.50. The second-order valence-corrected chi connectivity index (χ2v) is 22.6. The first-order valence-corrected chi connectivity index (χ1v) is 27.9. The molecular weight excluding hydrogens is 1060 g/mol. The molecule has 0 nitrogen and oxygen atoms in total. The largest absolute Gasteiger partial charge is 2.00 e. The van der Waals surface area contributed by atoms with Crippen LogP contribution in [0.4, 0.5) is 0 Å². The second-order valence-electron chi connectivity index (χ2n) is 18.2. The van der Waals surface area contributed by atoms with E-state index in [2.05, 4.69) is 328 Å². The Kier molecular flexibility index (Phi) is 20.0. The quantitative estimate of drug-likeness (QED) is 0.107. The summed E-state index contributed by atoms with van der Waals surface area (Å²) in [5.41, 5.74) is 15.0. The van der Waals surface area contributed by atoms with Gasteiger partial charge in [-0.05, 0) is 151 Å². The van der Waals surface area contributed by atoms with Gasteiger partial charge in [0.2, 0.25) is 0 Å². The van der Waals surface area contributed by atoms with Gasteiger partial charge in [-0.2, -0.15) is 0 Å². The Labute approximate surface area is 480 Å². The zero-order chi connectivity index (χ0) is 49.7. The molecule has 0 aliphatic heterocycles. The van der Waals surface area contributed by atoms with E-state index in [4.69, 9.17) is 0 Å². The van der Waals surface area contributed by atoms with E-state index in [-0.39, 0.29) is 41.6 Å². The summed E-state index contributed by atoms with van der Waals surface area (Å²) in [4.78, 5) is 0. The molecule has 0 heterocycles. The molecule has 0 spiro atoms. The van der Waals surface area contributed by atoms with Gasteiger partial charge in [-0.3, -0.25) is 0 Å². The molecule has 77 heavy (non-hydrogen) atoms. The number of hydrogen-bond donors (Lipinski definition) is 0. The van der Waals surface area contributed by atoms with Crippen molar-refractivity contribution >= 4 is 47.7 Å². The molecule has 0 N–H and O–H groups in total. The van der Waals surface area contributed by atoms with Gasteiger partial charge in [-0.1, -0.05) is 291 Å². The van der Waals surface area contributed by atoms with E-state index in [9.17, 15) is 0 Å². The van der Waals surface area contributed by atoms with E-state index in [0.29, 0.717) is 0 Å². The molecule has 0 fully saturated rings. The topological polar surface area (TPSA) is 0 Å². The first-order valence-electron chi connectivity index (χ1n) is 25.2. The van der Waals surface area contributed by atoms with Crippen molar-refractivity contribution in [2.45, 2.75) is 0 Å². The molecule has 1 radical (unpaired) electrons. The van der Waals surface area contributed by atoms with Gasteiger partial charge in [0.25, 0.3) is 0 Å². The van der Waals surface area contributed by atoms with Gasteiger partial charge in [-0.15, -0.1) is 0 Å². The number of benzene rings is 12. The Bertz CT molecular complexity index is 3090. The van der Waals surface area contributed by atoms with Crippen LogP contribution < -0.4 is 56.6 Å². The molecule has 0 bridgehead atoms. The van der Waals surface area contributed by atoms with Crippen LogP contribution in [0.2, 0.25) is 0 Å². The van der Waals surface area contributed by atoms with Gasteiger partial charge in [-0.25, -0.2) is 0 Å². The Hall–Kier alpha value is -7.41. The summed E-state index contributed by atoms with van der Waals surface area (Å²) >= 11 is 0. The molecule has 0 saturated carbocycles. The number of halogens is 2. The Morgan fingerprint density at radius 2 is 0.273 bits per heavy atom. The van der Waals surface area contributed by atoms with Gasteiger partial charge < -0.3 is 24.8 Å². The van der Waals surface area contributed by atoms with Crippen LogP contribution in [0.25, 0.3) is 66.8 Å². The first kappa shape index (κ1) is 55.8. The van der Waals surface area contributed by atoms with Gasteiger partial charge in [0.1, 0.15) is 0 Å². The van der Waals surface area contributed by atoms with Gasteiger partial charge in [0.05, 0.1) is 0 Å². The zero-order valence-corrected chi connectivity index (χ0v) is 46.5. The van der Waals surface area contributed by atoms with E-state index in [1.807, 2.05) is 0 Å². The molecule has 0 saturated heterocycles. The first-order chi connectivity index (χ1) is 36.7. The summed E-state index contributed by atoms with van der Waals surface area (Å²) in [7, 11) is -1.53.